The van der Waals surface area contributed by atoms with Crippen molar-refractivity contribution >= 4 is 0 Å². The van der Waals surface area contributed by atoms with Crippen LogP contribution in [0.25, 0.3) is 0 Å². The quantitative estimate of drug-likeness (QED) is 0.609. The van der Waals surface area contributed by atoms with E-state index < -0.39 is 0 Å². The van der Waals surface area contributed by atoms with Gasteiger partial charge in [-0.2, -0.15) is 0 Å². The lowest BCUT2D eigenvalue weighted by atomic mass is 9.68. The highest BCUT2D eigenvalue weighted by molar-refractivity contribution is 5.33. The van der Waals surface area contributed by atoms with E-state index in [1.807, 2.05) is 6.08 Å². The third-order valence-electron chi connectivity index (χ3n) is 3.84. The molecular weight excluding hydrogens is 172 g/mol. The van der Waals surface area contributed by atoms with E-state index in [1.54, 1.807) is 0 Å². The number of hydrogen-bond acceptors (Lipinski definition) is 1. The van der Waals surface area contributed by atoms with Gasteiger partial charge in [-0.15, -0.1) is 6.58 Å². The molecule has 0 aliphatic carbocycles. The molecule has 2 fully saturated rings. The van der Waals surface area contributed by atoms with Gasteiger partial charge in [0.05, 0.1) is 11.7 Å². The van der Waals surface area contributed by atoms with Gasteiger partial charge in [0.1, 0.15) is 0 Å². The summed E-state index contributed by atoms with van der Waals surface area (Å²) in [4.78, 5) is 0. The molecule has 2 atom stereocenters. The zero-order valence-corrected chi connectivity index (χ0v) is 9.47. The summed E-state index contributed by atoms with van der Waals surface area (Å²) < 4.78 is 6.08. The summed E-state index contributed by atoms with van der Waals surface area (Å²) in [7, 11) is 0. The zero-order chi connectivity index (χ0) is 10.4. The van der Waals surface area contributed by atoms with Gasteiger partial charge in [-0.25, -0.2) is 0 Å². The molecule has 2 bridgehead atoms. The summed E-state index contributed by atoms with van der Waals surface area (Å²) in [5.74, 6) is 0. The molecule has 2 saturated heterocycles. The summed E-state index contributed by atoms with van der Waals surface area (Å²) in [5, 5.41) is 0. The van der Waals surface area contributed by atoms with E-state index in [9.17, 15) is 0 Å². The highest BCUT2D eigenvalue weighted by atomic mass is 16.5. The van der Waals surface area contributed by atoms with Crippen molar-refractivity contribution in [2.24, 2.45) is 5.41 Å². The fraction of sp³-hybridized carbons (Fsp3) is 0.692. The SMILES string of the molecule is C=CC/C=C1/C2(C)CC[C@@H](O2)C1(C)C. The summed E-state index contributed by atoms with van der Waals surface area (Å²) >= 11 is 0. The van der Waals surface area contributed by atoms with E-state index >= 15 is 0 Å². The predicted molar refractivity (Wildman–Crippen MR) is 59.2 cm³/mol. The van der Waals surface area contributed by atoms with Crippen LogP contribution in [0, 0.1) is 5.41 Å². The summed E-state index contributed by atoms with van der Waals surface area (Å²) in [6, 6.07) is 0. The normalized spacial score (nSPS) is 41.9. The first kappa shape index (κ1) is 9.97. The van der Waals surface area contributed by atoms with Gasteiger partial charge in [0.25, 0.3) is 0 Å². The first-order chi connectivity index (χ1) is 6.50. The maximum absolute atomic E-state index is 6.08. The van der Waals surface area contributed by atoms with Gasteiger partial charge in [0, 0.05) is 5.41 Å². The van der Waals surface area contributed by atoms with Crippen molar-refractivity contribution in [1.29, 1.82) is 0 Å². The van der Waals surface area contributed by atoms with Crippen LogP contribution in [0.2, 0.25) is 0 Å². The second-order valence-corrected chi connectivity index (χ2v) is 5.24. The summed E-state index contributed by atoms with van der Waals surface area (Å²) in [6.45, 7) is 10.6. The first-order valence-corrected chi connectivity index (χ1v) is 5.50. The molecule has 0 amide bonds. The van der Waals surface area contributed by atoms with Crippen LogP contribution in [0.4, 0.5) is 0 Å². The molecule has 0 aromatic heterocycles. The minimum absolute atomic E-state index is 0.0250. The molecule has 14 heavy (non-hydrogen) atoms. The largest absolute Gasteiger partial charge is 0.367 e. The molecule has 78 valence electrons. The Bertz CT molecular complexity index is 281. The van der Waals surface area contributed by atoms with Crippen molar-refractivity contribution in [2.75, 3.05) is 0 Å². The Morgan fingerprint density at radius 2 is 2.21 bits per heavy atom. The van der Waals surface area contributed by atoms with Gasteiger partial charge in [-0.1, -0.05) is 26.0 Å². The van der Waals surface area contributed by atoms with Gasteiger partial charge in [0.15, 0.2) is 0 Å². The average molecular weight is 192 g/mol. The molecular formula is C13H20O. The molecule has 0 spiro atoms. The monoisotopic (exact) mass is 192 g/mol. The van der Waals surface area contributed by atoms with E-state index in [-0.39, 0.29) is 11.0 Å². The van der Waals surface area contributed by atoms with Gasteiger partial charge in [-0.05, 0) is 31.8 Å². The highest BCUT2D eigenvalue weighted by Crippen LogP contribution is 2.57. The van der Waals surface area contributed by atoms with Crippen LogP contribution >= 0.6 is 0 Å². The lowest BCUT2D eigenvalue weighted by Gasteiger charge is -2.33. The number of allylic oxidation sites excluding steroid dienone is 2. The van der Waals surface area contributed by atoms with Crippen molar-refractivity contribution in [3.63, 3.8) is 0 Å². The fourth-order valence-electron chi connectivity index (χ4n) is 3.08. The van der Waals surface area contributed by atoms with Crippen molar-refractivity contribution in [3.05, 3.63) is 24.3 Å². The summed E-state index contributed by atoms with van der Waals surface area (Å²) in [6.07, 6.45) is 8.07. The first-order valence-electron chi connectivity index (χ1n) is 5.50. The van der Waals surface area contributed by atoms with E-state index in [0.717, 1.165) is 6.42 Å². The topological polar surface area (TPSA) is 9.23 Å². The maximum Gasteiger partial charge on any atom is 0.0874 e. The molecule has 1 heteroatoms. The lowest BCUT2D eigenvalue weighted by molar-refractivity contribution is 0.0232. The van der Waals surface area contributed by atoms with E-state index in [2.05, 4.69) is 33.4 Å². The Hall–Kier alpha value is -0.560. The molecule has 2 aliphatic heterocycles. The number of ether oxygens (including phenoxy) is 1. The Morgan fingerprint density at radius 1 is 1.50 bits per heavy atom. The lowest BCUT2D eigenvalue weighted by Crippen LogP contribution is -2.32. The molecule has 0 radical (unpaired) electrons. The molecule has 0 N–H and O–H groups in total. The standard InChI is InChI=1S/C13H20O/c1-5-6-7-10-12(2,3)11-8-9-13(10,4)14-11/h5,7,11H,1,6,8-9H2,2-4H3/b10-7+/t11-,13?/m1/s1. The minimum atomic E-state index is 0.0250. The molecule has 2 rings (SSSR count). The van der Waals surface area contributed by atoms with Crippen molar-refractivity contribution in [3.8, 4) is 0 Å². The summed E-state index contributed by atoms with van der Waals surface area (Å²) in [5.41, 5.74) is 1.74. The Kier molecular flexibility index (Phi) is 2.11. The van der Waals surface area contributed by atoms with Crippen LogP contribution in [-0.4, -0.2) is 11.7 Å². The third kappa shape index (κ3) is 1.18. The second kappa shape index (κ2) is 2.96. The average Bonchev–Trinajstić information content (AvgIpc) is 2.55. The maximum atomic E-state index is 6.08. The van der Waals surface area contributed by atoms with Gasteiger partial charge in [0.2, 0.25) is 0 Å². The molecule has 0 saturated carbocycles. The Labute approximate surface area is 86.8 Å². The molecule has 2 heterocycles. The Morgan fingerprint density at radius 3 is 2.71 bits per heavy atom. The third-order valence-corrected chi connectivity index (χ3v) is 3.84. The molecule has 1 nitrogen and oxygen atoms in total. The van der Waals surface area contributed by atoms with Gasteiger partial charge in [-0.3, -0.25) is 0 Å². The van der Waals surface area contributed by atoms with Crippen molar-refractivity contribution in [1.82, 2.24) is 0 Å². The molecule has 2 aliphatic rings. The van der Waals surface area contributed by atoms with Crippen LogP contribution < -0.4 is 0 Å². The van der Waals surface area contributed by atoms with Gasteiger partial charge >= 0.3 is 0 Å². The van der Waals surface area contributed by atoms with Crippen LogP contribution in [0.3, 0.4) is 0 Å². The second-order valence-electron chi connectivity index (χ2n) is 5.24. The molecule has 0 aromatic rings. The number of rotatable bonds is 2. The van der Waals surface area contributed by atoms with Crippen LogP contribution in [0.15, 0.2) is 24.3 Å². The van der Waals surface area contributed by atoms with Crippen molar-refractivity contribution < 1.29 is 4.74 Å². The number of hydrogen-bond donors (Lipinski definition) is 0. The molecule has 1 unspecified atom stereocenters. The Balaban J connectivity index is 2.34. The highest BCUT2D eigenvalue weighted by Gasteiger charge is 2.56. The zero-order valence-electron chi connectivity index (χ0n) is 9.47. The fourth-order valence-corrected chi connectivity index (χ4v) is 3.08. The smallest absolute Gasteiger partial charge is 0.0874 e. The van der Waals surface area contributed by atoms with Crippen molar-refractivity contribution in [2.45, 2.75) is 51.7 Å². The molecule has 0 aromatic carbocycles. The number of fused-ring (bicyclic) bond motifs is 2. The van der Waals surface area contributed by atoms with E-state index in [1.165, 1.54) is 18.4 Å². The van der Waals surface area contributed by atoms with E-state index in [0.29, 0.717) is 6.10 Å². The predicted octanol–water partition coefficient (Wildman–Crippen LogP) is 3.47. The van der Waals surface area contributed by atoms with Crippen LogP contribution in [-0.2, 0) is 4.74 Å². The van der Waals surface area contributed by atoms with Crippen LogP contribution in [0.1, 0.15) is 40.0 Å². The van der Waals surface area contributed by atoms with E-state index in [4.69, 9.17) is 4.74 Å². The minimum Gasteiger partial charge on any atom is -0.367 e. The van der Waals surface area contributed by atoms with Crippen LogP contribution in [0.5, 0.6) is 0 Å². The van der Waals surface area contributed by atoms with Gasteiger partial charge < -0.3 is 4.74 Å².